The highest BCUT2D eigenvalue weighted by Gasteiger charge is 2.33. The maximum atomic E-state index is 14.3. The van der Waals surface area contributed by atoms with Crippen molar-refractivity contribution in [3.05, 3.63) is 60.7 Å². The zero-order chi connectivity index (χ0) is 61.0. The van der Waals surface area contributed by atoms with Crippen LogP contribution in [0.5, 0.6) is 11.5 Å². The molecule has 84 heavy (non-hydrogen) atoms. The van der Waals surface area contributed by atoms with E-state index in [1.165, 1.54) is 103 Å². The van der Waals surface area contributed by atoms with E-state index in [0.717, 1.165) is 83.5 Å². The molecule has 480 valence electrons. The Morgan fingerprint density at radius 1 is 0.512 bits per heavy atom. The van der Waals surface area contributed by atoms with E-state index < -0.39 is 43.9 Å². The van der Waals surface area contributed by atoms with E-state index in [0.29, 0.717) is 38.6 Å². The van der Waals surface area contributed by atoms with Crippen molar-refractivity contribution in [2.75, 3.05) is 26.3 Å². The number of esters is 2. The van der Waals surface area contributed by atoms with Crippen LogP contribution in [-0.2, 0) is 42.5 Å². The van der Waals surface area contributed by atoms with Gasteiger partial charge in [0, 0.05) is 25.8 Å². The van der Waals surface area contributed by atoms with Crippen molar-refractivity contribution in [2.24, 2.45) is 5.73 Å². The van der Waals surface area contributed by atoms with Crippen LogP contribution in [0.2, 0.25) is 0 Å². The number of carbonyl (C=O) groups excluding carboxylic acids is 5. The number of unbranched alkanes of at least 4 members (excludes halogenated alkanes) is 26. The van der Waals surface area contributed by atoms with E-state index in [1.807, 2.05) is 0 Å². The predicted molar refractivity (Wildman–Crippen MR) is 338 cm³/mol. The predicted octanol–water partition coefficient (Wildman–Crippen LogP) is 15.4. The lowest BCUT2D eigenvalue weighted by Crippen LogP contribution is -2.48. The zero-order valence-electron chi connectivity index (χ0n) is 52.5. The van der Waals surface area contributed by atoms with Crippen molar-refractivity contribution in [2.45, 2.75) is 295 Å². The number of hydrogen-bond acceptors (Lipinski definition) is 13. The third-order valence-electron chi connectivity index (χ3n) is 15.0. The van der Waals surface area contributed by atoms with Crippen molar-refractivity contribution in [1.29, 1.82) is 0 Å². The lowest BCUT2D eigenvalue weighted by molar-refractivity contribution is -0.151. The van der Waals surface area contributed by atoms with Gasteiger partial charge in [0.15, 0.2) is 0 Å². The molecule has 2 rings (SSSR count). The minimum atomic E-state index is -4.36. The minimum Gasteiger partial charge on any atom is -0.463 e. The van der Waals surface area contributed by atoms with Gasteiger partial charge in [0.25, 0.3) is 0 Å². The Labute approximate surface area is 507 Å². The fourth-order valence-corrected chi connectivity index (χ4v) is 11.3. The van der Waals surface area contributed by atoms with E-state index >= 15 is 0 Å². The van der Waals surface area contributed by atoms with Gasteiger partial charge in [0.2, 0.25) is 17.7 Å². The Morgan fingerprint density at radius 2 is 0.964 bits per heavy atom. The molecule has 16 nitrogen and oxygen atoms in total. The number of nitrogens with two attached hydrogens (primary N) is 1. The summed E-state index contributed by atoms with van der Waals surface area (Å²) in [6.07, 6.45) is 33.0. The molecule has 0 spiro atoms. The molecule has 0 aromatic heterocycles. The number of amides is 3. The average Bonchev–Trinajstić information content (AvgIpc) is 3.59. The number of carbonyl (C=O) groups is 5. The number of aliphatic hydroxyl groups is 1. The van der Waals surface area contributed by atoms with Gasteiger partial charge in [-0.2, -0.15) is 0 Å². The molecule has 2 aromatic rings. The molecule has 0 aliphatic carbocycles. The summed E-state index contributed by atoms with van der Waals surface area (Å²) < 4.78 is 43.5. The fraction of sp³-hybridized carbons (Fsp3) is 0.746. The first-order valence-corrected chi connectivity index (χ1v) is 34.7. The molecule has 3 amide bonds. The van der Waals surface area contributed by atoms with E-state index in [-0.39, 0.29) is 81.2 Å². The summed E-state index contributed by atoms with van der Waals surface area (Å²) in [5.41, 5.74) is 5.63. The van der Waals surface area contributed by atoms with Crippen molar-refractivity contribution < 1.29 is 56.7 Å². The van der Waals surface area contributed by atoms with Gasteiger partial charge in [-0.05, 0) is 82.2 Å². The van der Waals surface area contributed by atoms with Crippen LogP contribution in [0.15, 0.2) is 60.7 Å². The topological polar surface area (TPSA) is 231 Å². The van der Waals surface area contributed by atoms with Crippen LogP contribution in [0.4, 0.5) is 0 Å². The Hall–Kier alpha value is -4.50. The van der Waals surface area contributed by atoms with Crippen LogP contribution >= 0.6 is 7.82 Å². The van der Waals surface area contributed by atoms with Crippen LogP contribution in [0, 0.1) is 0 Å². The number of rotatable bonds is 57. The number of para-hydroxylation sites is 2. The molecule has 0 radical (unpaired) electrons. The smallest absolute Gasteiger partial charge is 0.463 e. The summed E-state index contributed by atoms with van der Waals surface area (Å²) in [5.74, 6) is -1.64. The molecule has 4 atom stereocenters. The lowest BCUT2D eigenvalue weighted by Gasteiger charge is -2.23. The second-order valence-electron chi connectivity index (χ2n) is 23.0. The summed E-state index contributed by atoms with van der Waals surface area (Å²) in [6.45, 7) is 6.88. The summed E-state index contributed by atoms with van der Waals surface area (Å²) in [6, 6.07) is 15.1. The summed E-state index contributed by atoms with van der Waals surface area (Å²) >= 11 is 0. The molecule has 6 N–H and O–H groups in total. The molecule has 0 saturated heterocycles. The zero-order valence-corrected chi connectivity index (χ0v) is 53.3. The van der Waals surface area contributed by atoms with Crippen molar-refractivity contribution >= 4 is 37.5 Å². The van der Waals surface area contributed by atoms with Gasteiger partial charge in [0.1, 0.15) is 30.3 Å². The maximum absolute atomic E-state index is 14.3. The number of phosphoric acid groups is 1. The van der Waals surface area contributed by atoms with E-state index in [4.69, 9.17) is 28.8 Å². The van der Waals surface area contributed by atoms with E-state index in [2.05, 4.69) is 36.7 Å². The van der Waals surface area contributed by atoms with Gasteiger partial charge in [-0.15, -0.1) is 0 Å². The number of phosphoric ester groups is 1. The van der Waals surface area contributed by atoms with Crippen LogP contribution in [0.3, 0.4) is 0 Å². The standard InChI is InChI=1S/C67H115N4O12P/c1-4-7-10-13-16-19-22-25-31-42-58(72)54-63(73)70-57(56-79-65(75)48-38-30-39-51-68)41-40-52-69-67(77)62(50-53-80-84(78,82-59-43-33-28-34-44-59)83-60-45-35-29-36-46-60)71-64(74)55-61(47-32-26-23-20-17-14-11-8-5-2)81-66(76)49-37-27-24-21-18-15-12-9-6-3/h28-29,33-36,43-46,57-58,61-62,72H,4-27,30-32,37-42,47-56,68H2,1-3H3,(H,69,77)(H,70,73)(H,71,74)/t57?,58-,61-,62?/m1/s1. The molecular formula is C67H115N4O12P. The first-order chi connectivity index (χ1) is 40.9. The minimum absolute atomic E-state index is 0.0834. The van der Waals surface area contributed by atoms with Crippen LogP contribution < -0.4 is 30.7 Å². The summed E-state index contributed by atoms with van der Waals surface area (Å²) in [7, 11) is -4.36. The highest BCUT2D eigenvalue weighted by Crippen LogP contribution is 2.49. The Kier molecular flexibility index (Phi) is 46.5. The molecule has 0 heterocycles. The van der Waals surface area contributed by atoms with Gasteiger partial charge in [-0.3, -0.25) is 28.5 Å². The number of hydrogen-bond donors (Lipinski definition) is 5. The Bertz CT molecular complexity index is 1960. The van der Waals surface area contributed by atoms with E-state index in [9.17, 15) is 33.6 Å². The third kappa shape index (κ3) is 42.3. The molecule has 0 fully saturated rings. The van der Waals surface area contributed by atoms with Crippen molar-refractivity contribution in [3.8, 4) is 11.5 Å². The first kappa shape index (κ1) is 75.6. The second kappa shape index (κ2) is 51.7. The molecule has 0 aliphatic heterocycles. The van der Waals surface area contributed by atoms with E-state index in [1.54, 1.807) is 60.7 Å². The van der Waals surface area contributed by atoms with Crippen LogP contribution in [0.25, 0.3) is 0 Å². The number of benzene rings is 2. The first-order valence-electron chi connectivity index (χ1n) is 33.2. The van der Waals surface area contributed by atoms with Gasteiger partial charge in [-0.1, -0.05) is 224 Å². The maximum Gasteiger partial charge on any atom is 0.587 e. The quantitative estimate of drug-likeness (QED) is 0.0236. The third-order valence-corrected chi connectivity index (χ3v) is 16.4. The van der Waals surface area contributed by atoms with Crippen molar-refractivity contribution in [1.82, 2.24) is 16.0 Å². The lowest BCUT2D eigenvalue weighted by atomic mass is 10.0. The number of ether oxygens (including phenoxy) is 2. The largest absolute Gasteiger partial charge is 0.587 e. The molecule has 0 bridgehead atoms. The highest BCUT2D eigenvalue weighted by atomic mass is 31.2. The fourth-order valence-electron chi connectivity index (χ4n) is 10.0. The average molecular weight is 1200 g/mol. The number of aliphatic hydroxyl groups excluding tert-OH is 1. The molecule has 2 aromatic carbocycles. The van der Waals surface area contributed by atoms with Gasteiger partial charge >= 0.3 is 19.8 Å². The van der Waals surface area contributed by atoms with Gasteiger partial charge < -0.3 is 45.3 Å². The van der Waals surface area contributed by atoms with Crippen LogP contribution in [-0.4, -0.2) is 85.4 Å². The highest BCUT2D eigenvalue weighted by molar-refractivity contribution is 7.49. The second-order valence-corrected chi connectivity index (χ2v) is 24.5. The summed E-state index contributed by atoms with van der Waals surface area (Å²) in [5, 5.41) is 19.5. The van der Waals surface area contributed by atoms with Crippen LogP contribution in [0.1, 0.15) is 271 Å². The Balaban J connectivity index is 2.22. The van der Waals surface area contributed by atoms with Crippen molar-refractivity contribution in [3.63, 3.8) is 0 Å². The van der Waals surface area contributed by atoms with Gasteiger partial charge in [-0.25, -0.2) is 4.57 Å². The number of nitrogens with one attached hydrogen (secondary N) is 3. The molecular weight excluding hydrogens is 1080 g/mol. The summed E-state index contributed by atoms with van der Waals surface area (Å²) in [4.78, 5) is 67.7. The SMILES string of the molecule is CCCCCCCCCCCC(=O)O[C@H](CCCCCCCCCCC)CC(=O)NC(CCOP(=O)(Oc1ccccc1)Oc1ccccc1)C(=O)NCCCC(COC(=O)CCCCCN)NC(=O)C[C@H](O)CCCCCCCCCCC. The normalized spacial score (nSPS) is 12.9. The monoisotopic (exact) mass is 1200 g/mol. The molecule has 0 saturated carbocycles. The molecule has 2 unspecified atom stereocenters. The molecule has 17 heteroatoms. The molecule has 0 aliphatic rings. The Morgan fingerprint density at radius 3 is 1.48 bits per heavy atom. The van der Waals surface area contributed by atoms with Gasteiger partial charge in [0.05, 0.1) is 31.6 Å².